The highest BCUT2D eigenvalue weighted by molar-refractivity contribution is 6.10. The van der Waals surface area contributed by atoms with E-state index in [-0.39, 0.29) is 5.78 Å². The Morgan fingerprint density at radius 1 is 1.00 bits per heavy atom. The molecule has 114 valence electrons. The highest BCUT2D eigenvalue weighted by atomic mass is 16.1. The van der Waals surface area contributed by atoms with Crippen molar-refractivity contribution in [3.05, 3.63) is 70.3 Å². The van der Waals surface area contributed by atoms with Gasteiger partial charge in [0.1, 0.15) is 0 Å². The Morgan fingerprint density at radius 2 is 1.73 bits per heavy atom. The molecule has 1 saturated heterocycles. The minimum absolute atomic E-state index is 0.137. The lowest BCUT2D eigenvalue weighted by Crippen LogP contribution is -2.20. The molecule has 2 nitrogen and oxygen atoms in total. The molecule has 0 spiro atoms. The number of aryl methyl sites for hydroxylation is 2. The summed E-state index contributed by atoms with van der Waals surface area (Å²) in [6, 6.07) is 14.0. The number of benzene rings is 2. The van der Waals surface area contributed by atoms with Crippen LogP contribution in [0.5, 0.6) is 0 Å². The largest absolute Gasteiger partial charge is 0.299 e. The summed E-state index contributed by atoms with van der Waals surface area (Å²) >= 11 is 0. The second-order valence-electron chi connectivity index (χ2n) is 6.27. The van der Waals surface area contributed by atoms with Gasteiger partial charge < -0.3 is 0 Å². The maximum absolute atomic E-state index is 12.9. The highest BCUT2D eigenvalue weighted by Gasteiger charge is 2.17. The number of rotatable bonds is 4. The predicted molar refractivity (Wildman–Crippen MR) is 90.3 cm³/mol. The van der Waals surface area contributed by atoms with Crippen molar-refractivity contribution in [1.29, 1.82) is 0 Å². The third-order valence-electron chi connectivity index (χ3n) is 4.62. The van der Waals surface area contributed by atoms with Crippen LogP contribution in [0.25, 0.3) is 0 Å². The molecule has 0 aromatic heterocycles. The standard InChI is InChI=1S/C20H23NO/c1-15-9-10-17(13-16(15)2)20(22)19-8-4-3-7-18(19)14-21-11-5-6-12-21/h3-4,7-10,13H,5-6,11-12,14H2,1-2H3. The molecule has 22 heavy (non-hydrogen) atoms. The quantitative estimate of drug-likeness (QED) is 0.790. The number of hydrogen-bond donors (Lipinski definition) is 0. The number of carbonyl (C=O) groups is 1. The minimum Gasteiger partial charge on any atom is -0.299 e. The first kappa shape index (κ1) is 15.0. The molecule has 0 radical (unpaired) electrons. The van der Waals surface area contributed by atoms with E-state index in [1.54, 1.807) is 0 Å². The summed E-state index contributed by atoms with van der Waals surface area (Å²) in [7, 11) is 0. The Hall–Kier alpha value is -1.93. The summed E-state index contributed by atoms with van der Waals surface area (Å²) in [6.07, 6.45) is 2.54. The molecule has 1 fully saturated rings. The summed E-state index contributed by atoms with van der Waals surface area (Å²) in [5, 5.41) is 0. The zero-order chi connectivity index (χ0) is 15.5. The van der Waals surface area contributed by atoms with Crippen molar-refractivity contribution in [2.75, 3.05) is 13.1 Å². The van der Waals surface area contributed by atoms with Gasteiger partial charge in [-0.3, -0.25) is 9.69 Å². The Morgan fingerprint density at radius 3 is 2.45 bits per heavy atom. The maximum Gasteiger partial charge on any atom is 0.193 e. The fourth-order valence-electron chi connectivity index (χ4n) is 3.10. The Balaban J connectivity index is 1.89. The van der Waals surface area contributed by atoms with Gasteiger partial charge >= 0.3 is 0 Å². The van der Waals surface area contributed by atoms with Gasteiger partial charge in [0, 0.05) is 17.7 Å². The summed E-state index contributed by atoms with van der Waals surface area (Å²) in [5.41, 5.74) is 5.17. The van der Waals surface area contributed by atoms with Gasteiger partial charge in [0.2, 0.25) is 0 Å². The fourth-order valence-corrected chi connectivity index (χ4v) is 3.10. The van der Waals surface area contributed by atoms with Crippen LogP contribution in [0.4, 0.5) is 0 Å². The molecule has 2 aromatic rings. The van der Waals surface area contributed by atoms with Crippen LogP contribution in [0.1, 0.15) is 45.5 Å². The lowest BCUT2D eigenvalue weighted by Gasteiger charge is -2.17. The lowest BCUT2D eigenvalue weighted by molar-refractivity contribution is 0.103. The van der Waals surface area contributed by atoms with Crippen LogP contribution in [0, 0.1) is 13.8 Å². The second kappa shape index (κ2) is 6.45. The van der Waals surface area contributed by atoms with Gasteiger partial charge in [-0.25, -0.2) is 0 Å². The van der Waals surface area contributed by atoms with E-state index in [0.717, 1.165) is 36.3 Å². The number of likely N-dealkylation sites (tertiary alicyclic amines) is 1. The van der Waals surface area contributed by atoms with Crippen molar-refractivity contribution in [2.24, 2.45) is 0 Å². The average Bonchev–Trinajstić information content (AvgIpc) is 3.03. The first-order chi connectivity index (χ1) is 10.6. The molecule has 0 saturated carbocycles. The molecule has 0 amide bonds. The van der Waals surface area contributed by atoms with Crippen LogP contribution in [0.15, 0.2) is 42.5 Å². The van der Waals surface area contributed by atoms with Crippen molar-refractivity contribution in [1.82, 2.24) is 4.90 Å². The number of hydrogen-bond acceptors (Lipinski definition) is 2. The fraction of sp³-hybridized carbons (Fsp3) is 0.350. The van der Waals surface area contributed by atoms with Crippen LogP contribution in [0.3, 0.4) is 0 Å². The van der Waals surface area contributed by atoms with Crippen molar-refractivity contribution < 1.29 is 4.79 Å². The predicted octanol–water partition coefficient (Wildman–Crippen LogP) is 4.13. The monoisotopic (exact) mass is 293 g/mol. The van der Waals surface area contributed by atoms with Crippen molar-refractivity contribution in [3.63, 3.8) is 0 Å². The van der Waals surface area contributed by atoms with Crippen molar-refractivity contribution in [3.8, 4) is 0 Å². The molecule has 1 aliphatic rings. The maximum atomic E-state index is 12.9. The smallest absolute Gasteiger partial charge is 0.193 e. The molecule has 0 N–H and O–H groups in total. The van der Waals surface area contributed by atoms with Crippen LogP contribution in [-0.2, 0) is 6.54 Å². The summed E-state index contributed by atoms with van der Waals surface area (Å²) < 4.78 is 0. The normalized spacial score (nSPS) is 15.2. The van der Waals surface area contributed by atoms with Gasteiger partial charge in [0.05, 0.1) is 0 Å². The molecule has 1 aliphatic heterocycles. The SMILES string of the molecule is Cc1ccc(C(=O)c2ccccc2CN2CCCC2)cc1C. The zero-order valence-corrected chi connectivity index (χ0v) is 13.4. The van der Waals surface area contributed by atoms with Crippen molar-refractivity contribution in [2.45, 2.75) is 33.2 Å². The summed E-state index contributed by atoms with van der Waals surface area (Å²) in [5.74, 6) is 0.137. The van der Waals surface area contributed by atoms with Gasteiger partial charge in [0.15, 0.2) is 5.78 Å². The van der Waals surface area contributed by atoms with E-state index >= 15 is 0 Å². The number of ketones is 1. The summed E-state index contributed by atoms with van der Waals surface area (Å²) in [4.78, 5) is 15.3. The van der Waals surface area contributed by atoms with E-state index in [0.29, 0.717) is 0 Å². The van der Waals surface area contributed by atoms with Gasteiger partial charge in [-0.15, -0.1) is 0 Å². The Bertz CT molecular complexity index is 684. The zero-order valence-electron chi connectivity index (χ0n) is 13.4. The van der Waals surface area contributed by atoms with Gasteiger partial charge in [-0.05, 0) is 62.5 Å². The average molecular weight is 293 g/mol. The van der Waals surface area contributed by atoms with Crippen LogP contribution >= 0.6 is 0 Å². The van der Waals surface area contributed by atoms with Gasteiger partial charge in [-0.2, -0.15) is 0 Å². The molecule has 0 atom stereocenters. The first-order valence-electron chi connectivity index (χ1n) is 8.07. The molecule has 2 heteroatoms. The van der Waals surface area contributed by atoms with E-state index < -0.39 is 0 Å². The van der Waals surface area contributed by atoms with E-state index in [2.05, 4.69) is 24.8 Å². The lowest BCUT2D eigenvalue weighted by atomic mass is 9.96. The van der Waals surface area contributed by atoms with E-state index in [4.69, 9.17) is 0 Å². The molecular formula is C20H23NO. The number of nitrogens with zero attached hydrogens (tertiary/aromatic N) is 1. The van der Waals surface area contributed by atoms with E-state index in [9.17, 15) is 4.79 Å². The molecule has 1 heterocycles. The second-order valence-corrected chi connectivity index (χ2v) is 6.27. The molecule has 2 aromatic carbocycles. The molecular weight excluding hydrogens is 270 g/mol. The van der Waals surface area contributed by atoms with Gasteiger partial charge in [-0.1, -0.05) is 36.4 Å². The molecule has 0 aliphatic carbocycles. The van der Waals surface area contributed by atoms with Crippen molar-refractivity contribution >= 4 is 5.78 Å². The highest BCUT2D eigenvalue weighted by Crippen LogP contribution is 2.20. The minimum atomic E-state index is 0.137. The van der Waals surface area contributed by atoms with Crippen LogP contribution in [-0.4, -0.2) is 23.8 Å². The summed E-state index contributed by atoms with van der Waals surface area (Å²) in [6.45, 7) is 7.30. The molecule has 0 unspecified atom stereocenters. The molecule has 0 bridgehead atoms. The Kier molecular flexibility index (Phi) is 4.39. The van der Waals surface area contributed by atoms with E-state index in [1.165, 1.54) is 24.0 Å². The Labute approximate surface area is 132 Å². The van der Waals surface area contributed by atoms with Crippen LogP contribution < -0.4 is 0 Å². The number of carbonyl (C=O) groups excluding carboxylic acids is 1. The van der Waals surface area contributed by atoms with Gasteiger partial charge in [0.25, 0.3) is 0 Å². The van der Waals surface area contributed by atoms with Crippen LogP contribution in [0.2, 0.25) is 0 Å². The first-order valence-corrected chi connectivity index (χ1v) is 8.07. The third kappa shape index (κ3) is 3.12. The third-order valence-corrected chi connectivity index (χ3v) is 4.62. The van der Waals surface area contributed by atoms with E-state index in [1.807, 2.05) is 36.4 Å². The molecule has 3 rings (SSSR count). The topological polar surface area (TPSA) is 20.3 Å².